The van der Waals surface area contributed by atoms with Gasteiger partial charge in [0.05, 0.1) is 19.8 Å². The van der Waals surface area contributed by atoms with Crippen LogP contribution in [0.3, 0.4) is 0 Å². The van der Waals surface area contributed by atoms with E-state index in [1.807, 2.05) is 67.4 Å². The predicted octanol–water partition coefficient (Wildman–Crippen LogP) is 4.60. The van der Waals surface area contributed by atoms with E-state index in [9.17, 15) is 14.7 Å². The van der Waals surface area contributed by atoms with Crippen LogP contribution in [0.2, 0.25) is 0 Å². The summed E-state index contributed by atoms with van der Waals surface area (Å²) in [5, 5.41) is 9.65. The Morgan fingerprint density at radius 1 is 1.11 bits per heavy atom. The molecule has 1 heterocycles. The summed E-state index contributed by atoms with van der Waals surface area (Å²) in [6.45, 7) is 5.74. The Balaban J connectivity index is 1.49. The number of unbranched alkanes of at least 4 members (excludes halogenated alkanes) is 1. The Morgan fingerprint density at radius 2 is 1.86 bits per heavy atom. The maximum absolute atomic E-state index is 12.7. The third-order valence-electron chi connectivity index (χ3n) is 6.61. The van der Waals surface area contributed by atoms with Crippen LogP contribution in [0.1, 0.15) is 44.2 Å². The van der Waals surface area contributed by atoms with Gasteiger partial charge in [-0.15, -0.1) is 0 Å². The van der Waals surface area contributed by atoms with E-state index in [1.165, 1.54) is 0 Å². The predicted molar refractivity (Wildman–Crippen MR) is 138 cm³/mol. The highest BCUT2D eigenvalue weighted by Gasteiger charge is 2.35. The zero-order valence-electron chi connectivity index (χ0n) is 21.7. The Hall–Kier alpha value is -3.26. The first-order chi connectivity index (χ1) is 17.3. The molecule has 8 nitrogen and oxygen atoms in total. The fraction of sp³-hybridized carbons (Fsp3) is 0.500. The molecule has 0 aliphatic carbocycles. The summed E-state index contributed by atoms with van der Waals surface area (Å²) in [5.41, 5.74) is 0.648. The van der Waals surface area contributed by atoms with Crippen LogP contribution in [0.4, 0.5) is 4.79 Å². The monoisotopic (exact) mass is 498 g/mol. The minimum absolute atomic E-state index is 0.00908. The largest absolute Gasteiger partial charge is 0.497 e. The molecule has 0 aromatic heterocycles. The minimum Gasteiger partial charge on any atom is -0.497 e. The molecule has 2 aromatic carbocycles. The highest BCUT2D eigenvalue weighted by atomic mass is 16.5. The molecule has 36 heavy (non-hydrogen) atoms. The molecule has 2 atom stereocenters. The third-order valence-corrected chi connectivity index (χ3v) is 6.61. The molecular formula is C28H38N2O6. The summed E-state index contributed by atoms with van der Waals surface area (Å²) < 4.78 is 16.9. The molecule has 0 saturated carbocycles. The van der Waals surface area contributed by atoms with Gasteiger partial charge in [0.1, 0.15) is 11.5 Å². The van der Waals surface area contributed by atoms with Crippen LogP contribution in [0, 0.1) is 0 Å². The van der Waals surface area contributed by atoms with Gasteiger partial charge in [0.15, 0.2) is 5.60 Å². The van der Waals surface area contributed by atoms with Crippen LogP contribution in [-0.4, -0.2) is 72.5 Å². The quantitative estimate of drug-likeness (QED) is 0.383. The second-order valence-corrected chi connectivity index (χ2v) is 9.48. The number of methoxy groups -OCH3 is 1. The molecular weight excluding hydrogens is 460 g/mol. The average molecular weight is 499 g/mol. The van der Waals surface area contributed by atoms with Gasteiger partial charge in [0, 0.05) is 39.6 Å². The fourth-order valence-corrected chi connectivity index (χ4v) is 4.28. The molecule has 1 N–H and O–H groups in total. The van der Waals surface area contributed by atoms with Crippen LogP contribution < -0.4 is 9.47 Å². The standard InChI is InChI=1S/C28H38N2O6/c1-5-6-15-36-28(2,26(31)32)18-21-10-12-24(13-11-21)35-16-14-23-20-30(27(33)29(23)3)19-22-8-7-9-25(17-22)34-4/h7-13,17,23H,5-6,14-16,18-20H2,1-4H3,(H,31,32). The van der Waals surface area contributed by atoms with Gasteiger partial charge in [0.25, 0.3) is 0 Å². The molecule has 8 heteroatoms. The van der Waals surface area contributed by atoms with Crippen molar-refractivity contribution in [2.75, 3.05) is 33.9 Å². The number of urea groups is 1. The third kappa shape index (κ3) is 7.13. The van der Waals surface area contributed by atoms with Crippen molar-refractivity contribution in [2.45, 2.75) is 57.7 Å². The maximum Gasteiger partial charge on any atom is 0.336 e. The minimum atomic E-state index is -1.26. The van der Waals surface area contributed by atoms with Crippen LogP contribution in [-0.2, 0) is 22.5 Å². The van der Waals surface area contributed by atoms with Gasteiger partial charge >= 0.3 is 12.0 Å². The van der Waals surface area contributed by atoms with Gasteiger partial charge in [-0.25, -0.2) is 9.59 Å². The Labute approximate surface area is 213 Å². The first-order valence-electron chi connectivity index (χ1n) is 12.5. The van der Waals surface area contributed by atoms with E-state index in [1.54, 1.807) is 18.9 Å². The van der Waals surface area contributed by atoms with Crippen LogP contribution in [0.15, 0.2) is 48.5 Å². The molecule has 0 radical (unpaired) electrons. The summed E-state index contributed by atoms with van der Waals surface area (Å²) in [7, 11) is 3.46. The molecule has 1 saturated heterocycles. The Kier molecular flexibility index (Phi) is 9.58. The normalized spacial score (nSPS) is 17.2. The molecule has 0 bridgehead atoms. The van der Waals surface area contributed by atoms with Crippen molar-refractivity contribution in [1.82, 2.24) is 9.80 Å². The van der Waals surface area contributed by atoms with Gasteiger partial charge in [0.2, 0.25) is 0 Å². The van der Waals surface area contributed by atoms with Gasteiger partial charge in [-0.05, 0) is 48.7 Å². The van der Waals surface area contributed by atoms with Gasteiger partial charge in [-0.3, -0.25) is 0 Å². The van der Waals surface area contributed by atoms with E-state index < -0.39 is 11.6 Å². The Morgan fingerprint density at radius 3 is 2.53 bits per heavy atom. The highest BCUT2D eigenvalue weighted by molar-refractivity contribution is 5.77. The van der Waals surface area contributed by atoms with E-state index in [0.717, 1.165) is 29.7 Å². The lowest BCUT2D eigenvalue weighted by atomic mass is 9.96. The van der Waals surface area contributed by atoms with E-state index in [0.29, 0.717) is 38.5 Å². The van der Waals surface area contributed by atoms with Crippen LogP contribution in [0.25, 0.3) is 0 Å². The van der Waals surface area contributed by atoms with E-state index in [2.05, 4.69) is 0 Å². The molecule has 2 aromatic rings. The van der Waals surface area contributed by atoms with Crippen molar-refractivity contribution in [3.05, 3.63) is 59.7 Å². The number of carboxylic acids is 1. The van der Waals surface area contributed by atoms with Crippen LogP contribution >= 0.6 is 0 Å². The van der Waals surface area contributed by atoms with E-state index in [-0.39, 0.29) is 18.5 Å². The summed E-state index contributed by atoms with van der Waals surface area (Å²) in [4.78, 5) is 28.1. The van der Waals surface area contributed by atoms with Crippen molar-refractivity contribution in [3.63, 3.8) is 0 Å². The van der Waals surface area contributed by atoms with Gasteiger partial charge in [-0.1, -0.05) is 37.6 Å². The zero-order chi connectivity index (χ0) is 26.1. The number of rotatable bonds is 14. The zero-order valence-corrected chi connectivity index (χ0v) is 21.7. The molecule has 1 aliphatic rings. The Bertz CT molecular complexity index is 1010. The summed E-state index contributed by atoms with van der Waals surface area (Å²) >= 11 is 0. The maximum atomic E-state index is 12.7. The molecule has 1 fully saturated rings. The number of benzene rings is 2. The number of hydrogen-bond donors (Lipinski definition) is 1. The van der Waals surface area contributed by atoms with Crippen molar-refractivity contribution < 1.29 is 28.9 Å². The highest BCUT2D eigenvalue weighted by Crippen LogP contribution is 2.23. The molecule has 2 unspecified atom stereocenters. The van der Waals surface area contributed by atoms with Gasteiger partial charge < -0.3 is 29.1 Å². The fourth-order valence-electron chi connectivity index (χ4n) is 4.28. The number of amides is 2. The second-order valence-electron chi connectivity index (χ2n) is 9.48. The lowest BCUT2D eigenvalue weighted by Gasteiger charge is -2.25. The molecule has 0 spiro atoms. The van der Waals surface area contributed by atoms with E-state index >= 15 is 0 Å². The van der Waals surface area contributed by atoms with E-state index in [4.69, 9.17) is 14.2 Å². The molecule has 3 rings (SSSR count). The number of ether oxygens (including phenoxy) is 3. The first kappa shape index (κ1) is 27.3. The summed E-state index contributed by atoms with van der Waals surface area (Å²) in [6, 6.07) is 15.3. The van der Waals surface area contributed by atoms with Gasteiger partial charge in [-0.2, -0.15) is 0 Å². The number of likely N-dealkylation sites (N-methyl/N-ethyl adjacent to an activating group) is 1. The summed E-state index contributed by atoms with van der Waals surface area (Å²) in [5.74, 6) is 0.526. The van der Waals surface area contributed by atoms with Crippen molar-refractivity contribution in [1.29, 1.82) is 0 Å². The number of carboxylic acid groups (broad SMARTS) is 1. The molecule has 1 aliphatic heterocycles. The van der Waals surface area contributed by atoms with Crippen molar-refractivity contribution >= 4 is 12.0 Å². The number of aliphatic carboxylic acids is 1. The lowest BCUT2D eigenvalue weighted by molar-refractivity contribution is -0.163. The average Bonchev–Trinajstić information content (AvgIpc) is 3.13. The SMILES string of the molecule is CCCCOC(C)(Cc1ccc(OCCC2CN(Cc3cccc(OC)c3)C(=O)N2C)cc1)C(=O)O. The van der Waals surface area contributed by atoms with Crippen molar-refractivity contribution in [3.8, 4) is 11.5 Å². The van der Waals surface area contributed by atoms with Crippen molar-refractivity contribution in [2.24, 2.45) is 0 Å². The van der Waals surface area contributed by atoms with Crippen LogP contribution in [0.5, 0.6) is 11.5 Å². The summed E-state index contributed by atoms with van der Waals surface area (Å²) in [6.07, 6.45) is 2.77. The smallest absolute Gasteiger partial charge is 0.336 e. The number of hydrogen-bond acceptors (Lipinski definition) is 5. The molecule has 2 amide bonds. The number of carbonyl (C=O) groups is 2. The second kappa shape index (κ2) is 12.6. The first-order valence-corrected chi connectivity index (χ1v) is 12.5. The number of carbonyl (C=O) groups excluding carboxylic acids is 1. The number of nitrogens with zero attached hydrogens (tertiary/aromatic N) is 2. The molecule has 196 valence electrons. The lowest BCUT2D eigenvalue weighted by Crippen LogP contribution is -2.41. The topological polar surface area (TPSA) is 88.5 Å².